The Bertz CT molecular complexity index is 1370. The molecule has 0 radical (unpaired) electrons. The molecule has 3 aromatic rings. The minimum absolute atomic E-state index is 0.0175. The number of ether oxygens (including phenoxy) is 1. The summed E-state index contributed by atoms with van der Waals surface area (Å²) in [6.45, 7) is 5.13. The van der Waals surface area contributed by atoms with E-state index in [1.807, 2.05) is 44.2 Å². The third kappa shape index (κ3) is 4.79. The Morgan fingerprint density at radius 1 is 1.22 bits per heavy atom. The standard InChI is InChI=1S/C28H30N4O5/c1-28(2)15-23-25(24(33)16-28)26(18-8-5-4-6-9-18)29-31(23)21-12-11-19(14-22(21)32(35)36)27(34)30(3)17-20-10-7-13-37-20/h4-6,8-9,11-12,14,20H,7,10,13,15-17H2,1-3H3. The van der Waals surface area contributed by atoms with Crippen molar-refractivity contribution in [2.45, 2.75) is 45.6 Å². The van der Waals surface area contributed by atoms with Gasteiger partial charge in [0.25, 0.3) is 11.6 Å². The normalized spacial score (nSPS) is 18.5. The number of benzene rings is 2. The number of nitrogens with zero attached hydrogens (tertiary/aromatic N) is 4. The molecule has 1 atom stereocenters. The SMILES string of the molecule is CN(CC1CCCO1)C(=O)c1ccc(-n2nc(-c3ccccc3)c3c2CC(C)(C)CC3=O)c([N+](=O)[O-])c1. The predicted molar refractivity (Wildman–Crippen MR) is 138 cm³/mol. The maximum absolute atomic E-state index is 13.3. The van der Waals surface area contributed by atoms with Crippen molar-refractivity contribution in [2.75, 3.05) is 20.2 Å². The van der Waals surface area contributed by atoms with Crippen LogP contribution in [0.3, 0.4) is 0 Å². The van der Waals surface area contributed by atoms with Gasteiger partial charge in [-0.3, -0.25) is 19.7 Å². The molecule has 1 aromatic heterocycles. The summed E-state index contributed by atoms with van der Waals surface area (Å²) < 4.78 is 7.15. The molecule has 1 fully saturated rings. The van der Waals surface area contributed by atoms with Crippen LogP contribution in [0.1, 0.15) is 59.5 Å². The molecule has 0 bridgehead atoms. The maximum atomic E-state index is 13.3. The van der Waals surface area contributed by atoms with E-state index < -0.39 is 4.92 Å². The molecule has 1 amide bonds. The van der Waals surface area contributed by atoms with E-state index in [4.69, 9.17) is 9.84 Å². The lowest BCUT2D eigenvalue weighted by Gasteiger charge is -2.29. The van der Waals surface area contributed by atoms with Crippen molar-refractivity contribution in [1.82, 2.24) is 14.7 Å². The fraction of sp³-hybridized carbons (Fsp3) is 0.393. The minimum atomic E-state index is -0.502. The van der Waals surface area contributed by atoms with Crippen molar-refractivity contribution in [1.29, 1.82) is 0 Å². The Morgan fingerprint density at radius 2 is 1.97 bits per heavy atom. The molecule has 0 spiro atoms. The van der Waals surface area contributed by atoms with Crippen molar-refractivity contribution in [2.24, 2.45) is 5.41 Å². The molecule has 0 saturated carbocycles. The van der Waals surface area contributed by atoms with Crippen LogP contribution >= 0.6 is 0 Å². The Balaban J connectivity index is 1.59. The first-order chi connectivity index (χ1) is 17.6. The molecule has 9 nitrogen and oxygen atoms in total. The Labute approximate surface area is 215 Å². The fourth-order valence-electron chi connectivity index (χ4n) is 5.32. The number of nitro benzene ring substituents is 1. The fourth-order valence-corrected chi connectivity index (χ4v) is 5.32. The molecule has 9 heteroatoms. The summed E-state index contributed by atoms with van der Waals surface area (Å²) in [4.78, 5) is 39.6. The number of fused-ring (bicyclic) bond motifs is 1. The lowest BCUT2D eigenvalue weighted by Crippen LogP contribution is -2.34. The highest BCUT2D eigenvalue weighted by molar-refractivity contribution is 6.04. The second-order valence-electron chi connectivity index (χ2n) is 10.7. The first-order valence-electron chi connectivity index (χ1n) is 12.5. The quantitative estimate of drug-likeness (QED) is 0.352. The van der Waals surface area contributed by atoms with E-state index in [1.165, 1.54) is 10.7 Å². The van der Waals surface area contributed by atoms with Gasteiger partial charge in [0.15, 0.2) is 5.78 Å². The number of hydrogen-bond acceptors (Lipinski definition) is 6. The number of carbonyl (C=O) groups excluding carboxylic acids is 2. The number of aromatic nitrogens is 2. The molecule has 2 heterocycles. The molecular weight excluding hydrogens is 472 g/mol. The molecule has 1 saturated heterocycles. The molecule has 0 N–H and O–H groups in total. The van der Waals surface area contributed by atoms with E-state index >= 15 is 0 Å². The number of carbonyl (C=O) groups is 2. The number of rotatable bonds is 6. The molecule has 5 rings (SSSR count). The van der Waals surface area contributed by atoms with Gasteiger partial charge in [0.2, 0.25) is 0 Å². The van der Waals surface area contributed by atoms with Crippen molar-refractivity contribution < 1.29 is 19.2 Å². The third-order valence-electron chi connectivity index (χ3n) is 7.09. The maximum Gasteiger partial charge on any atom is 0.295 e. The van der Waals surface area contributed by atoms with Gasteiger partial charge in [0.05, 0.1) is 22.3 Å². The van der Waals surface area contributed by atoms with Crippen LogP contribution < -0.4 is 0 Å². The largest absolute Gasteiger partial charge is 0.376 e. The molecule has 37 heavy (non-hydrogen) atoms. The van der Waals surface area contributed by atoms with E-state index in [0.717, 1.165) is 18.4 Å². The lowest BCUT2D eigenvalue weighted by molar-refractivity contribution is -0.384. The highest BCUT2D eigenvalue weighted by Gasteiger charge is 2.38. The molecular formula is C28H30N4O5. The van der Waals surface area contributed by atoms with Gasteiger partial charge in [-0.05, 0) is 36.8 Å². The minimum Gasteiger partial charge on any atom is -0.376 e. The molecule has 1 aliphatic heterocycles. The van der Waals surface area contributed by atoms with E-state index in [1.54, 1.807) is 24.1 Å². The molecule has 1 aliphatic carbocycles. The summed E-state index contributed by atoms with van der Waals surface area (Å²) in [7, 11) is 1.67. The number of amides is 1. The highest BCUT2D eigenvalue weighted by atomic mass is 16.6. The van der Waals surface area contributed by atoms with Crippen LogP contribution in [-0.4, -0.2) is 57.6 Å². The average molecular weight is 503 g/mol. The number of likely N-dealkylation sites (N-methyl/N-ethyl adjacent to an activating group) is 1. The van der Waals surface area contributed by atoms with Gasteiger partial charge in [0.1, 0.15) is 11.4 Å². The van der Waals surface area contributed by atoms with Gasteiger partial charge in [-0.1, -0.05) is 44.2 Å². The zero-order chi connectivity index (χ0) is 26.3. The number of nitro groups is 1. The van der Waals surface area contributed by atoms with E-state index in [0.29, 0.717) is 42.9 Å². The number of Topliss-reactive ketones (excluding diaryl/α,β-unsaturated/α-hetero) is 1. The van der Waals surface area contributed by atoms with Crippen LogP contribution in [0.25, 0.3) is 16.9 Å². The van der Waals surface area contributed by atoms with Crippen molar-refractivity contribution in [3.05, 3.63) is 75.5 Å². The molecule has 192 valence electrons. The van der Waals surface area contributed by atoms with Crippen LogP contribution in [0, 0.1) is 15.5 Å². The zero-order valence-corrected chi connectivity index (χ0v) is 21.3. The molecule has 1 unspecified atom stereocenters. The van der Waals surface area contributed by atoms with Gasteiger partial charge < -0.3 is 9.64 Å². The highest BCUT2D eigenvalue weighted by Crippen LogP contribution is 2.41. The van der Waals surface area contributed by atoms with Crippen LogP contribution in [0.4, 0.5) is 5.69 Å². The van der Waals surface area contributed by atoms with Gasteiger partial charge in [-0.2, -0.15) is 5.10 Å². The van der Waals surface area contributed by atoms with Crippen molar-refractivity contribution >= 4 is 17.4 Å². The van der Waals surface area contributed by atoms with E-state index in [2.05, 4.69) is 0 Å². The summed E-state index contributed by atoms with van der Waals surface area (Å²) >= 11 is 0. The van der Waals surface area contributed by atoms with Crippen LogP contribution in [0.2, 0.25) is 0 Å². The lowest BCUT2D eigenvalue weighted by atomic mass is 9.75. The van der Waals surface area contributed by atoms with E-state index in [9.17, 15) is 19.7 Å². The van der Waals surface area contributed by atoms with Crippen LogP contribution in [-0.2, 0) is 11.2 Å². The average Bonchev–Trinajstić information content (AvgIpc) is 3.51. The zero-order valence-electron chi connectivity index (χ0n) is 21.3. The first-order valence-corrected chi connectivity index (χ1v) is 12.5. The van der Waals surface area contributed by atoms with Gasteiger partial charge in [-0.15, -0.1) is 0 Å². The number of hydrogen-bond donors (Lipinski definition) is 0. The van der Waals surface area contributed by atoms with Crippen LogP contribution in [0.5, 0.6) is 0 Å². The monoisotopic (exact) mass is 502 g/mol. The van der Waals surface area contributed by atoms with Gasteiger partial charge >= 0.3 is 0 Å². The van der Waals surface area contributed by atoms with Crippen LogP contribution in [0.15, 0.2) is 48.5 Å². The smallest absolute Gasteiger partial charge is 0.295 e. The predicted octanol–water partition coefficient (Wildman–Crippen LogP) is 4.85. The summed E-state index contributed by atoms with van der Waals surface area (Å²) in [5, 5.41) is 17.0. The Morgan fingerprint density at radius 3 is 2.65 bits per heavy atom. The summed E-state index contributed by atoms with van der Waals surface area (Å²) in [6, 6.07) is 13.8. The van der Waals surface area contributed by atoms with Gasteiger partial charge in [0, 0.05) is 43.8 Å². The summed E-state index contributed by atoms with van der Waals surface area (Å²) in [5.41, 5.74) is 2.35. The Kier molecular flexibility index (Phi) is 6.41. The Hall–Kier alpha value is -3.85. The third-order valence-corrected chi connectivity index (χ3v) is 7.09. The second kappa shape index (κ2) is 9.55. The van der Waals surface area contributed by atoms with E-state index in [-0.39, 0.29) is 40.1 Å². The van der Waals surface area contributed by atoms with Crippen molar-refractivity contribution in [3.63, 3.8) is 0 Å². The summed E-state index contributed by atoms with van der Waals surface area (Å²) in [5.74, 6) is -0.338. The number of ketones is 1. The first kappa shape index (κ1) is 24.8. The topological polar surface area (TPSA) is 108 Å². The molecule has 2 aliphatic rings. The summed E-state index contributed by atoms with van der Waals surface area (Å²) in [6.07, 6.45) is 2.75. The van der Waals surface area contributed by atoms with Crippen molar-refractivity contribution in [3.8, 4) is 16.9 Å². The second-order valence-corrected chi connectivity index (χ2v) is 10.7. The molecule has 2 aromatic carbocycles. The van der Waals surface area contributed by atoms with Gasteiger partial charge in [-0.25, -0.2) is 4.68 Å².